The normalized spacial score (nSPS) is 12.7. The maximum atomic E-state index is 10.5. The van der Waals surface area contributed by atoms with Gasteiger partial charge in [0.1, 0.15) is 6.61 Å². The first-order chi connectivity index (χ1) is 5.07. The Hall–Kier alpha value is 0.650. The third kappa shape index (κ3) is 5.87. The molecule has 0 aliphatic carbocycles. The third-order valence-electron chi connectivity index (χ3n) is 0.825. The molecule has 64 valence electrons. The molecule has 5 heteroatoms. The number of carbonyl (C=O) groups excluding carboxylic acids is 1. The summed E-state index contributed by atoms with van der Waals surface area (Å²) in [4.78, 5) is 10.6. The lowest BCUT2D eigenvalue weighted by Gasteiger charge is -2.09. The summed E-state index contributed by atoms with van der Waals surface area (Å²) in [7, 11) is 0. The Morgan fingerprint density at radius 3 is 2.45 bits per heavy atom. The van der Waals surface area contributed by atoms with Crippen molar-refractivity contribution in [3.63, 3.8) is 0 Å². The van der Waals surface area contributed by atoms with Gasteiger partial charge in [0.2, 0.25) is 0 Å². The second-order valence-corrected chi connectivity index (χ2v) is 6.06. The fraction of sp³-hybridized carbons (Fsp3) is 0.500. The molecule has 0 heterocycles. The summed E-state index contributed by atoms with van der Waals surface area (Å²) in [6.45, 7) is 3.58. The Kier molecular flexibility index (Phi) is 6.56. The van der Waals surface area contributed by atoms with Crippen LogP contribution in [0.15, 0.2) is 12.7 Å². The number of carbonyl (C=O) groups is 1. The molecule has 0 aliphatic rings. The van der Waals surface area contributed by atoms with Crippen LogP contribution < -0.4 is 0 Å². The van der Waals surface area contributed by atoms with Crippen molar-refractivity contribution in [3.8, 4) is 0 Å². The fourth-order valence-electron chi connectivity index (χ4n) is 0.293. The summed E-state index contributed by atoms with van der Waals surface area (Å²) >= 11 is 9.82. The summed E-state index contributed by atoms with van der Waals surface area (Å²) in [5.41, 5.74) is 0. The molecular formula is C6H7Br3O2. The van der Waals surface area contributed by atoms with Crippen LogP contribution in [-0.4, -0.2) is 21.1 Å². The average Bonchev–Trinajstić information content (AvgIpc) is 1.99. The molecule has 0 amide bonds. The van der Waals surface area contributed by atoms with Gasteiger partial charge < -0.3 is 4.74 Å². The number of hydrogen-bond acceptors (Lipinski definition) is 2. The van der Waals surface area contributed by atoms with Crippen molar-refractivity contribution in [2.45, 2.75) is 8.56 Å². The first kappa shape index (κ1) is 11.6. The zero-order valence-electron chi connectivity index (χ0n) is 5.60. The molecule has 0 fully saturated rings. The molecule has 0 spiro atoms. The monoisotopic (exact) mass is 348 g/mol. The van der Waals surface area contributed by atoms with Crippen LogP contribution in [0.3, 0.4) is 0 Å². The van der Waals surface area contributed by atoms with E-state index in [9.17, 15) is 4.79 Å². The lowest BCUT2D eigenvalue weighted by atomic mass is 10.5. The van der Waals surface area contributed by atoms with Gasteiger partial charge >= 0.3 is 5.97 Å². The van der Waals surface area contributed by atoms with Crippen molar-refractivity contribution < 1.29 is 9.53 Å². The van der Waals surface area contributed by atoms with Crippen LogP contribution in [0.2, 0.25) is 0 Å². The number of esters is 1. The topological polar surface area (TPSA) is 26.3 Å². The molecule has 0 saturated carbocycles. The van der Waals surface area contributed by atoms with E-state index < -0.39 is 5.97 Å². The summed E-state index contributed by atoms with van der Waals surface area (Å²) in [6.07, 6.45) is 1.14. The highest BCUT2D eigenvalue weighted by Crippen LogP contribution is 2.20. The molecule has 2 nitrogen and oxygen atoms in total. The number of alkyl halides is 3. The predicted octanol–water partition coefficient (Wildman–Crippen LogP) is 2.60. The van der Waals surface area contributed by atoms with E-state index in [1.807, 2.05) is 0 Å². The average molecular weight is 351 g/mol. The van der Waals surface area contributed by atoms with Crippen LogP contribution in [0.25, 0.3) is 0 Å². The first-order valence-corrected chi connectivity index (χ1v) is 5.54. The summed E-state index contributed by atoms with van der Waals surface area (Å²) in [6, 6.07) is 0. The molecule has 0 radical (unpaired) electrons. The van der Waals surface area contributed by atoms with E-state index in [0.717, 1.165) is 6.08 Å². The van der Waals surface area contributed by atoms with Crippen LogP contribution >= 0.6 is 47.8 Å². The smallest absolute Gasteiger partial charge is 0.330 e. The lowest BCUT2D eigenvalue weighted by Crippen LogP contribution is -2.17. The molecule has 0 bridgehead atoms. The molecule has 0 rings (SSSR count). The molecule has 0 saturated heterocycles. The highest BCUT2D eigenvalue weighted by Gasteiger charge is 2.13. The molecule has 0 aliphatic heterocycles. The van der Waals surface area contributed by atoms with E-state index in [2.05, 4.69) is 54.4 Å². The van der Waals surface area contributed by atoms with Crippen molar-refractivity contribution in [2.24, 2.45) is 0 Å². The molecule has 11 heavy (non-hydrogen) atoms. The highest BCUT2D eigenvalue weighted by atomic mass is 79.9. The molecule has 1 unspecified atom stereocenters. The van der Waals surface area contributed by atoms with Crippen LogP contribution in [-0.2, 0) is 9.53 Å². The number of hydrogen-bond donors (Lipinski definition) is 0. The van der Waals surface area contributed by atoms with Gasteiger partial charge in [-0.3, -0.25) is 0 Å². The third-order valence-corrected chi connectivity index (χ3v) is 4.31. The van der Waals surface area contributed by atoms with Gasteiger partial charge in [0, 0.05) is 6.08 Å². The van der Waals surface area contributed by atoms with Gasteiger partial charge in [-0.25, -0.2) is 4.79 Å². The SMILES string of the molecule is C=CC(=O)OCC(Br)C(Br)Br. The summed E-state index contributed by atoms with van der Waals surface area (Å²) < 4.78 is 4.84. The Bertz CT molecular complexity index is 147. The van der Waals surface area contributed by atoms with Crippen molar-refractivity contribution in [1.29, 1.82) is 0 Å². The van der Waals surface area contributed by atoms with E-state index in [0.29, 0.717) is 6.61 Å². The maximum absolute atomic E-state index is 10.5. The fourth-order valence-corrected chi connectivity index (χ4v) is 0.731. The van der Waals surface area contributed by atoms with Gasteiger partial charge in [0.05, 0.1) is 8.56 Å². The van der Waals surface area contributed by atoms with E-state index in [1.54, 1.807) is 0 Å². The molecule has 0 aromatic rings. The number of halogens is 3. The molecule has 0 N–H and O–H groups in total. The Morgan fingerprint density at radius 1 is 1.55 bits per heavy atom. The number of rotatable bonds is 4. The molecule has 0 aromatic heterocycles. The van der Waals surface area contributed by atoms with Gasteiger partial charge in [-0.2, -0.15) is 0 Å². The second-order valence-electron chi connectivity index (χ2n) is 1.68. The minimum Gasteiger partial charge on any atom is -0.461 e. The standard InChI is InChI=1S/C6H7Br3O2/c1-2-5(10)11-3-4(7)6(8)9/h2,4,6H,1,3H2. The van der Waals surface area contributed by atoms with E-state index in [-0.39, 0.29) is 8.56 Å². The Labute approximate surface area is 90.8 Å². The molecular weight excluding hydrogens is 344 g/mol. The van der Waals surface area contributed by atoms with Crippen molar-refractivity contribution in [2.75, 3.05) is 6.61 Å². The zero-order valence-corrected chi connectivity index (χ0v) is 10.4. The van der Waals surface area contributed by atoms with Crippen LogP contribution in [0.4, 0.5) is 0 Å². The van der Waals surface area contributed by atoms with Gasteiger partial charge in [0.25, 0.3) is 0 Å². The molecule has 1 atom stereocenters. The summed E-state index contributed by atoms with van der Waals surface area (Å²) in [5, 5.41) is 0. The van der Waals surface area contributed by atoms with E-state index >= 15 is 0 Å². The van der Waals surface area contributed by atoms with Gasteiger partial charge in [0.15, 0.2) is 0 Å². The number of ether oxygens (including phenoxy) is 1. The van der Waals surface area contributed by atoms with Gasteiger partial charge in [-0.15, -0.1) is 0 Å². The highest BCUT2D eigenvalue weighted by molar-refractivity contribution is 9.25. The second kappa shape index (κ2) is 6.20. The predicted molar refractivity (Wildman–Crippen MR) is 55.5 cm³/mol. The minimum atomic E-state index is -0.407. The Balaban J connectivity index is 3.53. The van der Waals surface area contributed by atoms with Crippen molar-refractivity contribution >= 4 is 53.8 Å². The quantitative estimate of drug-likeness (QED) is 0.442. The molecule has 0 aromatic carbocycles. The van der Waals surface area contributed by atoms with Gasteiger partial charge in [-0.05, 0) is 0 Å². The van der Waals surface area contributed by atoms with Crippen molar-refractivity contribution in [1.82, 2.24) is 0 Å². The zero-order chi connectivity index (χ0) is 8.85. The van der Waals surface area contributed by atoms with Gasteiger partial charge in [-0.1, -0.05) is 54.4 Å². The van der Waals surface area contributed by atoms with E-state index in [1.165, 1.54) is 0 Å². The largest absolute Gasteiger partial charge is 0.461 e. The van der Waals surface area contributed by atoms with Crippen LogP contribution in [0.5, 0.6) is 0 Å². The Morgan fingerprint density at radius 2 is 2.09 bits per heavy atom. The lowest BCUT2D eigenvalue weighted by molar-refractivity contribution is -0.137. The van der Waals surface area contributed by atoms with Crippen LogP contribution in [0.1, 0.15) is 0 Å². The van der Waals surface area contributed by atoms with E-state index in [4.69, 9.17) is 4.74 Å². The van der Waals surface area contributed by atoms with Crippen molar-refractivity contribution in [3.05, 3.63) is 12.7 Å². The first-order valence-electron chi connectivity index (χ1n) is 2.79. The summed E-state index contributed by atoms with van der Waals surface area (Å²) in [5.74, 6) is -0.407. The van der Waals surface area contributed by atoms with Crippen LogP contribution in [0, 0.1) is 0 Å². The minimum absolute atomic E-state index is 0.0615. The maximum Gasteiger partial charge on any atom is 0.330 e.